The molecular weight excluding hydrogens is 500 g/mol. The molecule has 0 aromatic heterocycles. The summed E-state index contributed by atoms with van der Waals surface area (Å²) in [6.45, 7) is 1.02. The van der Waals surface area contributed by atoms with Gasteiger partial charge in [-0.15, -0.1) is 0 Å². The van der Waals surface area contributed by atoms with Crippen LogP contribution >= 0.6 is 39.7 Å². The Morgan fingerprint density at radius 1 is 1.06 bits per heavy atom. The van der Waals surface area contributed by atoms with Gasteiger partial charge in [-0.3, -0.25) is 0 Å². The number of nitrogens with one attached hydrogen (secondary N) is 1. The van der Waals surface area contributed by atoms with Crippen molar-refractivity contribution in [3.63, 3.8) is 0 Å². The van der Waals surface area contributed by atoms with Gasteiger partial charge >= 0.3 is 0 Å². The summed E-state index contributed by atoms with van der Waals surface area (Å²) in [5, 5.41) is 15.3. The fraction of sp³-hybridized carbons (Fsp3) is 0.130. The zero-order valence-corrected chi connectivity index (χ0v) is 19.8. The van der Waals surface area contributed by atoms with Crippen LogP contribution in [-0.4, -0.2) is 23.1 Å². The van der Waals surface area contributed by atoms with E-state index in [4.69, 9.17) is 28.6 Å². The average molecular weight is 519 g/mol. The Morgan fingerprint density at radius 2 is 1.65 bits per heavy atom. The molecule has 3 aromatic carbocycles. The molecule has 0 aliphatic rings. The van der Waals surface area contributed by atoms with E-state index in [-0.39, 0.29) is 5.56 Å². The molecule has 31 heavy (non-hydrogen) atoms. The van der Waals surface area contributed by atoms with Crippen molar-refractivity contribution < 1.29 is 14.6 Å². The van der Waals surface area contributed by atoms with E-state index in [1.807, 2.05) is 29.2 Å². The maximum Gasteiger partial charge on any atom is 0.174 e. The first-order valence-electron chi connectivity index (χ1n) is 9.30. The van der Waals surface area contributed by atoms with Gasteiger partial charge in [0.05, 0.1) is 18.8 Å². The van der Waals surface area contributed by atoms with Gasteiger partial charge in [-0.05, 0) is 59.2 Å². The second-order valence-corrected chi connectivity index (χ2v) is 8.48. The smallest absolute Gasteiger partial charge is 0.174 e. The third kappa shape index (κ3) is 6.43. The molecule has 160 valence electrons. The standard InChI is InChI=1S/C23H20BrClN2O3S/c1-30-21-11-10-19(25)12-20(21)26-23(31)27(14-16-4-8-18(24)9-5-16)13-15-2-6-17(7-3-15)22(28)29/h2-12H,13-14H2,1H3,(H,26,31)(H,28,29)/p-1. The zero-order chi connectivity index (χ0) is 22.4. The number of carbonyl (C=O) groups is 1. The molecule has 0 heterocycles. The van der Waals surface area contributed by atoms with Gasteiger partial charge in [0.2, 0.25) is 0 Å². The van der Waals surface area contributed by atoms with Crippen molar-refractivity contribution in [2.75, 3.05) is 12.4 Å². The predicted molar refractivity (Wildman–Crippen MR) is 128 cm³/mol. The zero-order valence-electron chi connectivity index (χ0n) is 16.6. The molecule has 3 aromatic rings. The van der Waals surface area contributed by atoms with Gasteiger partial charge in [-0.2, -0.15) is 0 Å². The highest BCUT2D eigenvalue weighted by Gasteiger charge is 2.14. The van der Waals surface area contributed by atoms with Crippen LogP contribution in [0.1, 0.15) is 21.5 Å². The van der Waals surface area contributed by atoms with Crippen molar-refractivity contribution in [2.24, 2.45) is 0 Å². The summed E-state index contributed by atoms with van der Waals surface area (Å²) in [6.07, 6.45) is 0. The minimum Gasteiger partial charge on any atom is -0.545 e. The average Bonchev–Trinajstić information content (AvgIpc) is 2.75. The van der Waals surface area contributed by atoms with Crippen molar-refractivity contribution in [3.8, 4) is 5.75 Å². The number of nitrogens with zero attached hydrogens (tertiary/aromatic N) is 1. The van der Waals surface area contributed by atoms with Crippen LogP contribution in [0, 0.1) is 0 Å². The minimum atomic E-state index is -1.21. The molecule has 3 rings (SSSR count). The quantitative estimate of drug-likeness (QED) is 0.450. The Bertz CT molecular complexity index is 1080. The van der Waals surface area contributed by atoms with Gasteiger partial charge < -0.3 is 24.9 Å². The van der Waals surface area contributed by atoms with Crippen molar-refractivity contribution in [1.29, 1.82) is 0 Å². The fourth-order valence-corrected chi connectivity index (χ4v) is 3.62. The fourth-order valence-electron chi connectivity index (χ4n) is 2.95. The Kier molecular flexibility index (Phi) is 7.90. The Morgan fingerprint density at radius 3 is 2.19 bits per heavy atom. The van der Waals surface area contributed by atoms with Gasteiger partial charge in [-0.25, -0.2) is 0 Å². The molecule has 5 nitrogen and oxygen atoms in total. The van der Waals surface area contributed by atoms with Crippen molar-refractivity contribution in [3.05, 3.63) is 92.9 Å². The number of anilines is 1. The number of hydrogen-bond donors (Lipinski definition) is 1. The number of aromatic carboxylic acids is 1. The van der Waals surface area contributed by atoms with E-state index in [0.29, 0.717) is 34.7 Å². The van der Waals surface area contributed by atoms with E-state index in [1.54, 1.807) is 37.4 Å². The van der Waals surface area contributed by atoms with Gasteiger partial charge in [-0.1, -0.05) is 63.9 Å². The van der Waals surface area contributed by atoms with E-state index in [1.165, 1.54) is 12.1 Å². The van der Waals surface area contributed by atoms with E-state index >= 15 is 0 Å². The number of halogens is 2. The predicted octanol–water partition coefficient (Wildman–Crippen LogP) is 4.87. The number of thiocarbonyl (C=S) groups is 1. The number of carboxylic acid groups (broad SMARTS) is 1. The highest BCUT2D eigenvalue weighted by Crippen LogP contribution is 2.28. The summed E-state index contributed by atoms with van der Waals surface area (Å²) in [7, 11) is 1.58. The van der Waals surface area contributed by atoms with Crippen molar-refractivity contribution in [2.45, 2.75) is 13.1 Å². The maximum absolute atomic E-state index is 11.0. The Hall–Kier alpha value is -2.61. The number of ether oxygens (including phenoxy) is 1. The van der Waals surface area contributed by atoms with E-state index < -0.39 is 5.97 Å². The highest BCUT2D eigenvalue weighted by atomic mass is 79.9. The number of hydrogen-bond acceptors (Lipinski definition) is 4. The van der Waals surface area contributed by atoms with E-state index in [0.717, 1.165) is 15.6 Å². The Balaban J connectivity index is 1.85. The summed E-state index contributed by atoms with van der Waals surface area (Å²) >= 11 is 15.3. The van der Waals surface area contributed by atoms with Crippen molar-refractivity contribution in [1.82, 2.24) is 4.90 Å². The molecule has 0 saturated carbocycles. The normalized spacial score (nSPS) is 10.4. The van der Waals surface area contributed by atoms with Gasteiger partial charge in [0.15, 0.2) is 5.11 Å². The number of rotatable bonds is 7. The van der Waals surface area contributed by atoms with Crippen LogP contribution in [0.25, 0.3) is 0 Å². The number of benzene rings is 3. The topological polar surface area (TPSA) is 64.6 Å². The van der Waals surface area contributed by atoms with Crippen LogP contribution < -0.4 is 15.2 Å². The third-order valence-electron chi connectivity index (χ3n) is 4.54. The van der Waals surface area contributed by atoms with Gasteiger partial charge in [0, 0.05) is 22.6 Å². The van der Waals surface area contributed by atoms with Crippen LogP contribution in [-0.2, 0) is 13.1 Å². The SMILES string of the molecule is COc1ccc(Cl)cc1NC(=S)N(Cc1ccc(Br)cc1)Cc1ccc(C(=O)[O-])cc1. The third-order valence-corrected chi connectivity index (χ3v) is 5.66. The number of carbonyl (C=O) groups excluding carboxylic acids is 1. The molecule has 0 spiro atoms. The second kappa shape index (κ2) is 10.6. The molecule has 1 N–H and O–H groups in total. The lowest BCUT2D eigenvalue weighted by Gasteiger charge is -2.27. The summed E-state index contributed by atoms with van der Waals surface area (Å²) in [5.74, 6) is -0.586. The molecular formula is C23H19BrClN2O3S-. The van der Waals surface area contributed by atoms with Gasteiger partial charge in [0.1, 0.15) is 5.75 Å². The second-order valence-electron chi connectivity index (χ2n) is 6.74. The largest absolute Gasteiger partial charge is 0.545 e. The van der Waals surface area contributed by atoms with Crippen LogP contribution in [0.3, 0.4) is 0 Å². The van der Waals surface area contributed by atoms with E-state index in [9.17, 15) is 9.90 Å². The summed E-state index contributed by atoms with van der Waals surface area (Å²) in [4.78, 5) is 13.0. The lowest BCUT2D eigenvalue weighted by Crippen LogP contribution is -2.34. The molecule has 0 atom stereocenters. The monoisotopic (exact) mass is 517 g/mol. The first-order chi connectivity index (χ1) is 14.9. The molecule has 0 bridgehead atoms. The van der Waals surface area contributed by atoms with Crippen LogP contribution in [0.5, 0.6) is 5.75 Å². The van der Waals surface area contributed by atoms with Crippen LogP contribution in [0.4, 0.5) is 5.69 Å². The summed E-state index contributed by atoms with van der Waals surface area (Å²) in [6, 6.07) is 19.8. The van der Waals surface area contributed by atoms with E-state index in [2.05, 4.69) is 21.2 Å². The Labute approximate surface area is 199 Å². The van der Waals surface area contributed by atoms with Gasteiger partial charge in [0.25, 0.3) is 0 Å². The number of carboxylic acids is 1. The summed E-state index contributed by atoms with van der Waals surface area (Å²) < 4.78 is 6.39. The lowest BCUT2D eigenvalue weighted by molar-refractivity contribution is -0.255. The molecule has 0 saturated heterocycles. The van der Waals surface area contributed by atoms with Crippen LogP contribution in [0.15, 0.2) is 71.2 Å². The molecule has 0 radical (unpaired) electrons. The molecule has 0 aliphatic carbocycles. The van der Waals surface area contributed by atoms with Crippen molar-refractivity contribution >= 4 is 56.5 Å². The van der Waals surface area contributed by atoms with Crippen LogP contribution in [0.2, 0.25) is 5.02 Å². The molecule has 0 fully saturated rings. The highest BCUT2D eigenvalue weighted by molar-refractivity contribution is 9.10. The maximum atomic E-state index is 11.0. The molecule has 0 unspecified atom stereocenters. The summed E-state index contributed by atoms with van der Waals surface area (Å²) in [5.41, 5.74) is 2.77. The lowest BCUT2D eigenvalue weighted by atomic mass is 10.1. The molecule has 0 amide bonds. The minimum absolute atomic E-state index is 0.132. The number of methoxy groups -OCH3 is 1. The first-order valence-corrected chi connectivity index (χ1v) is 10.9. The molecule has 0 aliphatic heterocycles. The first kappa shape index (κ1) is 23.1. The molecule has 8 heteroatoms.